The number of para-hydroxylation sites is 2. The molecule has 90 valence electrons. The Morgan fingerprint density at radius 2 is 1.44 bits per heavy atom. The van der Waals surface area contributed by atoms with Crippen molar-refractivity contribution in [2.24, 2.45) is 0 Å². The van der Waals surface area contributed by atoms with E-state index in [0.717, 1.165) is 11.0 Å². The van der Waals surface area contributed by atoms with Gasteiger partial charge in [-0.05, 0) is 12.1 Å². The van der Waals surface area contributed by atoms with E-state index < -0.39 is 8.03 Å². The lowest BCUT2D eigenvalue weighted by Gasteiger charge is -2.03. The van der Waals surface area contributed by atoms with Crippen LogP contribution in [-0.4, -0.2) is 10.7 Å². The van der Waals surface area contributed by atoms with E-state index in [1.165, 1.54) is 10.8 Å². The lowest BCUT2D eigenvalue weighted by Crippen LogP contribution is -2.03. The number of hydrogen-bond acceptors (Lipinski definition) is 2. The Morgan fingerprint density at radius 3 is 1.94 bits per heavy atom. The normalized spacial score (nSPS) is 12.2. The Bertz CT molecular complexity index is 680. The molecule has 0 radical (unpaired) electrons. The predicted molar refractivity (Wildman–Crippen MR) is 71.9 cm³/mol. The largest absolute Gasteiger partial charge is 0.596 e. The molecule has 0 spiro atoms. The Kier molecular flexibility index (Phi) is 2.86. The molecule has 4 heteroatoms. The molecular weight excluding hydrogens is 245 g/mol. The molecule has 3 aromatic rings. The Hall–Kier alpha value is -1.70. The molecule has 0 aliphatic rings. The summed E-state index contributed by atoms with van der Waals surface area (Å²) in [4.78, 5) is 10.8. The molecule has 3 nitrogen and oxygen atoms in total. The zero-order chi connectivity index (χ0) is 12.5. The summed E-state index contributed by atoms with van der Waals surface area (Å²) < 4.78 is 12.9. The second-order valence-electron chi connectivity index (χ2n) is 4.24. The molecule has 0 saturated heterocycles. The molecule has 18 heavy (non-hydrogen) atoms. The van der Waals surface area contributed by atoms with Gasteiger partial charge in [0.25, 0.3) is 0 Å². The van der Waals surface area contributed by atoms with E-state index >= 15 is 0 Å². The van der Waals surface area contributed by atoms with Crippen LogP contribution >= 0.6 is 8.03 Å². The van der Waals surface area contributed by atoms with Crippen molar-refractivity contribution in [1.29, 1.82) is 0 Å². The van der Waals surface area contributed by atoms with E-state index in [1.54, 1.807) is 0 Å². The standard InChI is InChI=1S/C14H12NO2P/c16-18(17)10-9-15-13-7-3-1-5-11(13)12-6-2-4-8-14(12)15/h1-8H,9-10H2. The van der Waals surface area contributed by atoms with Crippen molar-refractivity contribution in [2.45, 2.75) is 6.54 Å². The SMILES string of the molecule is O=[P+]([O-])CCn1c2ccccc2c2ccccc21. The van der Waals surface area contributed by atoms with E-state index in [1.807, 2.05) is 36.4 Å². The summed E-state index contributed by atoms with van der Waals surface area (Å²) in [7, 11) is -2.34. The van der Waals surface area contributed by atoms with Crippen LogP contribution in [0, 0.1) is 0 Å². The summed E-state index contributed by atoms with van der Waals surface area (Å²) in [6, 6.07) is 16.2. The minimum Gasteiger partial charge on any atom is -0.596 e. The molecule has 1 aromatic heterocycles. The molecular formula is C14H12NO2P. The molecule has 0 N–H and O–H groups in total. The summed E-state index contributed by atoms with van der Waals surface area (Å²) >= 11 is 0. The molecule has 1 heterocycles. The van der Waals surface area contributed by atoms with Gasteiger partial charge in [0.1, 0.15) is 0 Å². The zero-order valence-electron chi connectivity index (χ0n) is 9.74. The monoisotopic (exact) mass is 257 g/mol. The van der Waals surface area contributed by atoms with Crippen LogP contribution in [0.3, 0.4) is 0 Å². The summed E-state index contributed by atoms with van der Waals surface area (Å²) in [5.74, 6) is 0. The number of aryl methyl sites for hydroxylation is 1. The number of nitrogens with zero attached hydrogens (tertiary/aromatic N) is 1. The minimum absolute atomic E-state index is 0.179. The fourth-order valence-electron chi connectivity index (χ4n) is 2.43. The number of fused-ring (bicyclic) bond motifs is 3. The third-order valence-electron chi connectivity index (χ3n) is 3.19. The van der Waals surface area contributed by atoms with Crippen molar-refractivity contribution in [3.05, 3.63) is 48.5 Å². The predicted octanol–water partition coefficient (Wildman–Crippen LogP) is 2.90. The lowest BCUT2D eigenvalue weighted by molar-refractivity contribution is -0.164. The maximum Gasteiger partial charge on any atom is 0.310 e. The van der Waals surface area contributed by atoms with Gasteiger partial charge in [-0.2, -0.15) is 0 Å². The topological polar surface area (TPSA) is 45.1 Å². The summed E-state index contributed by atoms with van der Waals surface area (Å²) in [5.41, 5.74) is 2.19. The zero-order valence-corrected chi connectivity index (χ0v) is 10.6. The second-order valence-corrected chi connectivity index (χ2v) is 5.35. The van der Waals surface area contributed by atoms with Gasteiger partial charge in [0, 0.05) is 21.8 Å². The van der Waals surface area contributed by atoms with Crippen LogP contribution in [-0.2, 0) is 11.1 Å². The Balaban J connectivity index is 2.27. The molecule has 0 amide bonds. The van der Waals surface area contributed by atoms with Gasteiger partial charge in [0.2, 0.25) is 0 Å². The number of benzene rings is 2. The number of aromatic nitrogens is 1. The highest BCUT2D eigenvalue weighted by Crippen LogP contribution is 2.29. The summed E-state index contributed by atoms with van der Waals surface area (Å²) in [6.07, 6.45) is 0.179. The van der Waals surface area contributed by atoms with E-state index in [2.05, 4.69) is 16.7 Å². The number of rotatable bonds is 3. The first-order chi connectivity index (χ1) is 8.77. The molecule has 0 aliphatic carbocycles. The fraction of sp³-hybridized carbons (Fsp3) is 0.143. The van der Waals surface area contributed by atoms with Gasteiger partial charge in [0.15, 0.2) is 6.16 Å². The van der Waals surface area contributed by atoms with Crippen LogP contribution in [0.4, 0.5) is 0 Å². The van der Waals surface area contributed by atoms with Crippen molar-refractivity contribution in [3.63, 3.8) is 0 Å². The van der Waals surface area contributed by atoms with Crippen LogP contribution in [0.5, 0.6) is 0 Å². The molecule has 0 aliphatic heterocycles. The van der Waals surface area contributed by atoms with Crippen LogP contribution in [0.25, 0.3) is 21.8 Å². The maximum absolute atomic E-state index is 10.8. The Morgan fingerprint density at radius 1 is 0.944 bits per heavy atom. The summed E-state index contributed by atoms with van der Waals surface area (Å²) in [5, 5.41) is 2.35. The van der Waals surface area contributed by atoms with Crippen LogP contribution in [0.15, 0.2) is 48.5 Å². The van der Waals surface area contributed by atoms with Crippen molar-refractivity contribution in [3.8, 4) is 0 Å². The third kappa shape index (κ3) is 1.82. The van der Waals surface area contributed by atoms with Gasteiger partial charge in [-0.25, -0.2) is 0 Å². The van der Waals surface area contributed by atoms with E-state index in [-0.39, 0.29) is 6.16 Å². The van der Waals surface area contributed by atoms with Crippen molar-refractivity contribution < 1.29 is 9.46 Å². The van der Waals surface area contributed by atoms with Crippen LogP contribution < -0.4 is 4.89 Å². The molecule has 3 rings (SSSR count). The first-order valence-corrected chi connectivity index (χ1v) is 7.21. The van der Waals surface area contributed by atoms with Gasteiger partial charge in [-0.1, -0.05) is 41.0 Å². The highest BCUT2D eigenvalue weighted by Gasteiger charge is 2.11. The first-order valence-electron chi connectivity index (χ1n) is 5.85. The minimum atomic E-state index is -2.34. The molecule has 1 unspecified atom stereocenters. The summed E-state index contributed by atoms with van der Waals surface area (Å²) in [6.45, 7) is 0.507. The average molecular weight is 257 g/mol. The first kappa shape index (κ1) is 11.4. The van der Waals surface area contributed by atoms with Crippen LogP contribution in [0.2, 0.25) is 0 Å². The van der Waals surface area contributed by atoms with E-state index in [9.17, 15) is 9.46 Å². The van der Waals surface area contributed by atoms with Crippen molar-refractivity contribution >= 4 is 29.8 Å². The quantitative estimate of drug-likeness (QED) is 0.677. The molecule has 0 fully saturated rings. The van der Waals surface area contributed by atoms with Crippen molar-refractivity contribution in [1.82, 2.24) is 4.57 Å². The van der Waals surface area contributed by atoms with Crippen LogP contribution in [0.1, 0.15) is 0 Å². The lowest BCUT2D eigenvalue weighted by atomic mass is 10.2. The molecule has 1 atom stereocenters. The molecule has 0 saturated carbocycles. The van der Waals surface area contributed by atoms with Gasteiger partial charge in [-0.3, -0.25) is 0 Å². The van der Waals surface area contributed by atoms with Gasteiger partial charge >= 0.3 is 8.03 Å². The molecule has 0 bridgehead atoms. The Labute approximate surface area is 106 Å². The number of hydrogen-bond donors (Lipinski definition) is 0. The average Bonchev–Trinajstić information content (AvgIpc) is 2.71. The van der Waals surface area contributed by atoms with Gasteiger partial charge in [-0.15, -0.1) is 0 Å². The van der Waals surface area contributed by atoms with Crippen molar-refractivity contribution in [2.75, 3.05) is 6.16 Å². The smallest absolute Gasteiger partial charge is 0.310 e. The highest BCUT2D eigenvalue weighted by molar-refractivity contribution is 7.36. The maximum atomic E-state index is 10.8. The van der Waals surface area contributed by atoms with Gasteiger partial charge in [0.05, 0.1) is 6.54 Å². The third-order valence-corrected chi connectivity index (χ3v) is 3.75. The molecule has 2 aromatic carbocycles. The van der Waals surface area contributed by atoms with E-state index in [0.29, 0.717) is 6.54 Å². The van der Waals surface area contributed by atoms with E-state index in [4.69, 9.17) is 0 Å². The second kappa shape index (κ2) is 4.52. The fourth-order valence-corrected chi connectivity index (χ4v) is 2.79. The highest BCUT2D eigenvalue weighted by atomic mass is 31.1. The van der Waals surface area contributed by atoms with Gasteiger partial charge < -0.3 is 9.46 Å².